The minimum atomic E-state index is -0.873. The van der Waals surface area contributed by atoms with Crippen LogP contribution in [0.5, 0.6) is 11.5 Å². The zero-order valence-corrected chi connectivity index (χ0v) is 11.0. The normalized spacial score (nSPS) is 17.1. The molecule has 104 valence electrons. The molecule has 1 aliphatic rings. The Morgan fingerprint density at radius 1 is 1.42 bits per heavy atom. The molecule has 0 fully saturated rings. The molecule has 0 amide bonds. The average Bonchev–Trinajstić information content (AvgIpc) is 2.72. The van der Waals surface area contributed by atoms with Gasteiger partial charge in [-0.15, -0.1) is 0 Å². The van der Waals surface area contributed by atoms with E-state index < -0.39 is 5.97 Å². The van der Waals surface area contributed by atoms with Gasteiger partial charge in [0.1, 0.15) is 0 Å². The van der Waals surface area contributed by atoms with E-state index in [9.17, 15) is 4.79 Å². The first kappa shape index (κ1) is 13.7. The SMILES string of the molecule is CCOc1ccc2c(c1OCCC(=O)O)CC(N)C2. The van der Waals surface area contributed by atoms with Gasteiger partial charge in [-0.2, -0.15) is 0 Å². The summed E-state index contributed by atoms with van der Waals surface area (Å²) < 4.78 is 11.2. The van der Waals surface area contributed by atoms with Crippen molar-refractivity contribution in [3.8, 4) is 11.5 Å². The van der Waals surface area contributed by atoms with Gasteiger partial charge in [0.2, 0.25) is 0 Å². The zero-order valence-electron chi connectivity index (χ0n) is 11.0. The summed E-state index contributed by atoms with van der Waals surface area (Å²) in [5.74, 6) is 0.455. The maximum absolute atomic E-state index is 10.6. The molecule has 1 atom stereocenters. The van der Waals surface area contributed by atoms with Gasteiger partial charge in [-0.3, -0.25) is 4.79 Å². The number of carboxylic acid groups (broad SMARTS) is 1. The number of hydrogen-bond acceptors (Lipinski definition) is 4. The zero-order chi connectivity index (χ0) is 13.8. The van der Waals surface area contributed by atoms with Crippen LogP contribution in [-0.4, -0.2) is 30.3 Å². The highest BCUT2D eigenvalue weighted by atomic mass is 16.5. The summed E-state index contributed by atoms with van der Waals surface area (Å²) >= 11 is 0. The smallest absolute Gasteiger partial charge is 0.306 e. The molecule has 0 heterocycles. The van der Waals surface area contributed by atoms with Crippen LogP contribution in [0.3, 0.4) is 0 Å². The summed E-state index contributed by atoms with van der Waals surface area (Å²) in [4.78, 5) is 10.6. The van der Waals surface area contributed by atoms with Gasteiger partial charge in [0.15, 0.2) is 11.5 Å². The van der Waals surface area contributed by atoms with Gasteiger partial charge in [-0.1, -0.05) is 6.07 Å². The number of carbonyl (C=O) groups is 1. The number of rotatable bonds is 6. The maximum atomic E-state index is 10.6. The molecule has 0 saturated heterocycles. The van der Waals surface area contributed by atoms with Crippen molar-refractivity contribution in [2.75, 3.05) is 13.2 Å². The topological polar surface area (TPSA) is 81.8 Å². The van der Waals surface area contributed by atoms with Crippen LogP contribution in [0.2, 0.25) is 0 Å². The summed E-state index contributed by atoms with van der Waals surface area (Å²) in [6.45, 7) is 2.58. The molecule has 1 aromatic rings. The number of fused-ring (bicyclic) bond motifs is 1. The van der Waals surface area contributed by atoms with Gasteiger partial charge in [0.05, 0.1) is 19.6 Å². The average molecular weight is 265 g/mol. The lowest BCUT2D eigenvalue weighted by Gasteiger charge is -2.15. The third-order valence-electron chi connectivity index (χ3n) is 3.13. The number of ether oxygens (including phenoxy) is 2. The highest BCUT2D eigenvalue weighted by Crippen LogP contribution is 2.38. The van der Waals surface area contributed by atoms with E-state index in [0.29, 0.717) is 18.1 Å². The molecule has 0 aliphatic heterocycles. The molecule has 0 spiro atoms. The van der Waals surface area contributed by atoms with Crippen LogP contribution in [0.15, 0.2) is 12.1 Å². The standard InChI is InChI=1S/C14H19NO4/c1-2-18-12-4-3-9-7-10(15)8-11(9)14(12)19-6-5-13(16)17/h3-4,10H,2,5-8,15H2,1H3,(H,16,17). The number of carboxylic acids is 1. The van der Waals surface area contributed by atoms with Crippen molar-refractivity contribution >= 4 is 5.97 Å². The second-order valence-corrected chi connectivity index (χ2v) is 4.62. The monoisotopic (exact) mass is 265 g/mol. The van der Waals surface area contributed by atoms with E-state index in [4.69, 9.17) is 20.3 Å². The Balaban J connectivity index is 2.22. The molecule has 1 aromatic carbocycles. The van der Waals surface area contributed by atoms with Gasteiger partial charge in [-0.05, 0) is 31.4 Å². The van der Waals surface area contributed by atoms with E-state index in [1.165, 1.54) is 5.56 Å². The minimum Gasteiger partial charge on any atom is -0.490 e. The fourth-order valence-electron chi connectivity index (χ4n) is 2.35. The molecule has 5 nitrogen and oxygen atoms in total. The predicted molar refractivity (Wildman–Crippen MR) is 70.7 cm³/mol. The molecule has 0 radical (unpaired) electrons. The number of hydrogen-bond donors (Lipinski definition) is 2. The van der Waals surface area contributed by atoms with Crippen molar-refractivity contribution < 1.29 is 19.4 Å². The molecule has 2 rings (SSSR count). The second kappa shape index (κ2) is 5.93. The Kier molecular flexibility index (Phi) is 4.27. The van der Waals surface area contributed by atoms with Gasteiger partial charge in [0, 0.05) is 11.6 Å². The van der Waals surface area contributed by atoms with E-state index in [2.05, 4.69) is 0 Å². The van der Waals surface area contributed by atoms with E-state index in [1.807, 2.05) is 19.1 Å². The second-order valence-electron chi connectivity index (χ2n) is 4.62. The Morgan fingerprint density at radius 3 is 2.89 bits per heavy atom. The van der Waals surface area contributed by atoms with Gasteiger partial charge >= 0.3 is 5.97 Å². The third-order valence-corrected chi connectivity index (χ3v) is 3.13. The first-order chi connectivity index (χ1) is 9.11. The van der Waals surface area contributed by atoms with E-state index >= 15 is 0 Å². The minimum absolute atomic E-state index is 0.0265. The Hall–Kier alpha value is -1.75. The van der Waals surface area contributed by atoms with Gasteiger partial charge in [0.25, 0.3) is 0 Å². The molecule has 1 unspecified atom stereocenters. The van der Waals surface area contributed by atoms with Gasteiger partial charge < -0.3 is 20.3 Å². The van der Waals surface area contributed by atoms with Crippen molar-refractivity contribution in [2.45, 2.75) is 32.2 Å². The van der Waals surface area contributed by atoms with Crippen LogP contribution in [-0.2, 0) is 17.6 Å². The fraction of sp³-hybridized carbons (Fsp3) is 0.500. The van der Waals surface area contributed by atoms with Crippen LogP contribution in [0.25, 0.3) is 0 Å². The molecule has 0 saturated carbocycles. The third kappa shape index (κ3) is 3.17. The van der Waals surface area contributed by atoms with Crippen LogP contribution < -0.4 is 15.2 Å². The van der Waals surface area contributed by atoms with Crippen molar-refractivity contribution in [3.05, 3.63) is 23.3 Å². The molecular formula is C14H19NO4. The lowest BCUT2D eigenvalue weighted by Crippen LogP contribution is -2.19. The summed E-state index contributed by atoms with van der Waals surface area (Å²) in [5, 5.41) is 8.67. The molecule has 3 N–H and O–H groups in total. The lowest BCUT2D eigenvalue weighted by atomic mass is 10.1. The highest BCUT2D eigenvalue weighted by molar-refractivity contribution is 5.66. The summed E-state index contributed by atoms with van der Waals surface area (Å²) in [6.07, 6.45) is 1.55. The van der Waals surface area contributed by atoms with Crippen molar-refractivity contribution in [1.82, 2.24) is 0 Å². The van der Waals surface area contributed by atoms with E-state index in [1.54, 1.807) is 0 Å². The number of benzene rings is 1. The molecular weight excluding hydrogens is 246 g/mol. The number of aliphatic carboxylic acids is 1. The predicted octanol–water partition coefficient (Wildman–Crippen LogP) is 1.36. The summed E-state index contributed by atoms with van der Waals surface area (Å²) in [7, 11) is 0. The molecule has 1 aliphatic carbocycles. The first-order valence-electron chi connectivity index (χ1n) is 6.49. The molecule has 19 heavy (non-hydrogen) atoms. The molecule has 0 bridgehead atoms. The van der Waals surface area contributed by atoms with E-state index in [-0.39, 0.29) is 19.1 Å². The maximum Gasteiger partial charge on any atom is 0.306 e. The highest BCUT2D eigenvalue weighted by Gasteiger charge is 2.24. The van der Waals surface area contributed by atoms with Crippen LogP contribution in [0, 0.1) is 0 Å². The van der Waals surface area contributed by atoms with Gasteiger partial charge in [-0.25, -0.2) is 0 Å². The Bertz CT molecular complexity index is 473. The Labute approximate surface area is 112 Å². The van der Waals surface area contributed by atoms with Crippen LogP contribution in [0.4, 0.5) is 0 Å². The Morgan fingerprint density at radius 2 is 2.21 bits per heavy atom. The number of nitrogens with two attached hydrogens (primary N) is 1. The quantitative estimate of drug-likeness (QED) is 0.811. The lowest BCUT2D eigenvalue weighted by molar-refractivity contribution is -0.137. The molecule has 5 heteroatoms. The first-order valence-corrected chi connectivity index (χ1v) is 6.49. The van der Waals surface area contributed by atoms with Crippen LogP contribution in [0.1, 0.15) is 24.5 Å². The van der Waals surface area contributed by atoms with Crippen LogP contribution >= 0.6 is 0 Å². The summed E-state index contributed by atoms with van der Waals surface area (Å²) in [5.41, 5.74) is 8.19. The van der Waals surface area contributed by atoms with Crippen molar-refractivity contribution in [3.63, 3.8) is 0 Å². The largest absolute Gasteiger partial charge is 0.490 e. The fourth-order valence-corrected chi connectivity index (χ4v) is 2.35. The van der Waals surface area contributed by atoms with Crippen molar-refractivity contribution in [1.29, 1.82) is 0 Å². The summed E-state index contributed by atoms with van der Waals surface area (Å²) in [6, 6.07) is 3.99. The van der Waals surface area contributed by atoms with E-state index in [0.717, 1.165) is 18.4 Å². The molecule has 0 aromatic heterocycles. The van der Waals surface area contributed by atoms with Crippen molar-refractivity contribution in [2.24, 2.45) is 5.73 Å².